The summed E-state index contributed by atoms with van der Waals surface area (Å²) < 4.78 is 7.78. The molecule has 0 radical (unpaired) electrons. The predicted octanol–water partition coefficient (Wildman–Crippen LogP) is 6.71. The zero-order chi connectivity index (χ0) is 25.6. The lowest BCUT2D eigenvalue weighted by Crippen LogP contribution is -2.19. The molecule has 2 amide bonds. The molecule has 4 aromatic rings. The van der Waals surface area contributed by atoms with Gasteiger partial charge in [-0.3, -0.25) is 0 Å². The largest absolute Gasteiger partial charge is 0.462 e. The first kappa shape index (κ1) is 23.8. The summed E-state index contributed by atoms with van der Waals surface area (Å²) in [5.41, 5.74) is 5.45. The molecule has 0 saturated carbocycles. The van der Waals surface area contributed by atoms with E-state index in [1.807, 2.05) is 79.7 Å². The highest BCUT2D eigenvalue weighted by Crippen LogP contribution is 2.32. The Labute approximate surface area is 215 Å². The van der Waals surface area contributed by atoms with E-state index in [2.05, 4.69) is 27.0 Å². The molecule has 184 valence electrons. The number of anilines is 3. The highest BCUT2D eigenvalue weighted by molar-refractivity contribution is 6.01. The maximum atomic E-state index is 12.6. The van der Waals surface area contributed by atoms with Crippen LogP contribution < -0.4 is 20.7 Å². The highest BCUT2D eigenvalue weighted by atomic mass is 16.5. The summed E-state index contributed by atoms with van der Waals surface area (Å²) in [6.07, 6.45) is 15.9. The number of rotatable bonds is 6. The first-order chi connectivity index (χ1) is 18.1. The van der Waals surface area contributed by atoms with Gasteiger partial charge < -0.3 is 20.7 Å². The van der Waals surface area contributed by atoms with E-state index < -0.39 is 0 Å². The van der Waals surface area contributed by atoms with Gasteiger partial charge in [0.1, 0.15) is 11.5 Å². The van der Waals surface area contributed by atoms with E-state index in [1.165, 1.54) is 0 Å². The Hall–Kier alpha value is -4.96. The van der Waals surface area contributed by atoms with Gasteiger partial charge in [0.05, 0.1) is 34.8 Å². The third-order valence-corrected chi connectivity index (χ3v) is 6.11. The lowest BCUT2D eigenvalue weighted by molar-refractivity contribution is 0.262. The summed E-state index contributed by atoms with van der Waals surface area (Å²) in [4.78, 5) is 12.6. The van der Waals surface area contributed by atoms with Crippen LogP contribution in [-0.4, -0.2) is 15.6 Å². The molecule has 0 fully saturated rings. The van der Waals surface area contributed by atoms with Gasteiger partial charge in [-0.05, 0) is 56.2 Å². The Kier molecular flexibility index (Phi) is 6.91. The number of nitrogens with zero attached hydrogens (tertiary/aromatic N) is 2. The lowest BCUT2D eigenvalue weighted by atomic mass is 10.1. The minimum absolute atomic E-state index is 0.334. The van der Waals surface area contributed by atoms with Crippen LogP contribution >= 0.6 is 0 Å². The molecule has 1 aliphatic rings. The van der Waals surface area contributed by atoms with Gasteiger partial charge >= 0.3 is 6.03 Å². The molecule has 0 unspecified atom stereocenters. The molecule has 7 heteroatoms. The van der Waals surface area contributed by atoms with Crippen LogP contribution in [0.25, 0.3) is 5.52 Å². The van der Waals surface area contributed by atoms with Crippen molar-refractivity contribution < 1.29 is 9.53 Å². The van der Waals surface area contributed by atoms with Gasteiger partial charge in [0.2, 0.25) is 0 Å². The number of aryl methyl sites for hydroxylation is 1. The quantitative estimate of drug-likeness (QED) is 0.263. The smallest absolute Gasteiger partial charge is 0.323 e. The number of benzene rings is 2. The molecule has 1 aliphatic carbocycles. The van der Waals surface area contributed by atoms with Crippen molar-refractivity contribution in [3.05, 3.63) is 108 Å². The number of urea groups is 1. The number of allylic oxidation sites excluding steroid dienone is 4. The number of hydrogen-bond donors (Lipinski definition) is 3. The van der Waals surface area contributed by atoms with Gasteiger partial charge in [-0.15, -0.1) is 6.42 Å². The van der Waals surface area contributed by atoms with Crippen LogP contribution in [-0.2, 0) is 0 Å². The number of para-hydroxylation sites is 2. The first-order valence-electron chi connectivity index (χ1n) is 12.1. The Morgan fingerprint density at radius 1 is 1.03 bits per heavy atom. The standard InChI is InChI=1S/C30H27N5O2/c1-3-22-19-31-35-20-27(34-30(36)33-23-11-6-4-7-12-23)21(2)29(35)28(22)32-24-13-10-16-26(18-17-24)37-25-14-8-5-9-15-25/h1,4-9,11-12,14-15,17-20,32H,10,13,16H2,2H3,(H2,33,34,36). The third kappa shape index (κ3) is 5.49. The zero-order valence-electron chi connectivity index (χ0n) is 20.5. The summed E-state index contributed by atoms with van der Waals surface area (Å²) in [6, 6.07) is 18.7. The Bertz CT molecular complexity index is 1530. The minimum Gasteiger partial charge on any atom is -0.462 e. The number of carbonyl (C=O) groups excluding carboxylic acids is 1. The molecule has 0 bridgehead atoms. The molecule has 0 spiro atoms. The van der Waals surface area contributed by atoms with E-state index >= 15 is 0 Å². The van der Waals surface area contributed by atoms with Crippen LogP contribution in [0.2, 0.25) is 0 Å². The summed E-state index contributed by atoms with van der Waals surface area (Å²) in [5.74, 6) is 4.47. The van der Waals surface area contributed by atoms with Crippen LogP contribution in [0.1, 0.15) is 30.4 Å². The Morgan fingerprint density at radius 2 is 1.78 bits per heavy atom. The molecular weight excluding hydrogens is 462 g/mol. The number of terminal acetylenes is 1. The fourth-order valence-electron chi connectivity index (χ4n) is 4.26. The third-order valence-electron chi connectivity index (χ3n) is 6.11. The predicted molar refractivity (Wildman–Crippen MR) is 148 cm³/mol. The van der Waals surface area contributed by atoms with E-state index in [4.69, 9.17) is 11.2 Å². The van der Waals surface area contributed by atoms with E-state index in [0.29, 0.717) is 16.9 Å². The minimum atomic E-state index is -0.334. The van der Waals surface area contributed by atoms with E-state index in [9.17, 15) is 4.79 Å². The summed E-state index contributed by atoms with van der Waals surface area (Å²) >= 11 is 0. The average Bonchev–Trinajstić information content (AvgIpc) is 3.07. The van der Waals surface area contributed by atoms with Gasteiger partial charge in [0.25, 0.3) is 0 Å². The van der Waals surface area contributed by atoms with Crippen molar-refractivity contribution in [3.63, 3.8) is 0 Å². The Balaban J connectivity index is 1.40. The number of amides is 2. The molecule has 2 aromatic heterocycles. The fraction of sp³-hybridized carbons (Fsp3) is 0.133. The number of nitrogens with one attached hydrogen (secondary N) is 3. The number of carbonyl (C=O) groups is 1. The normalized spacial score (nSPS) is 13.1. The van der Waals surface area contributed by atoms with Crippen molar-refractivity contribution in [3.8, 4) is 18.1 Å². The summed E-state index contributed by atoms with van der Waals surface area (Å²) in [5, 5.41) is 13.8. The van der Waals surface area contributed by atoms with Crippen molar-refractivity contribution >= 4 is 28.6 Å². The van der Waals surface area contributed by atoms with Crippen molar-refractivity contribution in [2.24, 2.45) is 0 Å². The molecule has 5 rings (SSSR count). The van der Waals surface area contributed by atoms with E-state index in [1.54, 1.807) is 16.9 Å². The fourth-order valence-corrected chi connectivity index (χ4v) is 4.26. The molecular formula is C30H27N5O2. The number of aromatic nitrogens is 2. The number of ether oxygens (including phenoxy) is 1. The second kappa shape index (κ2) is 10.8. The number of fused-ring (bicyclic) bond motifs is 1. The molecule has 3 N–H and O–H groups in total. The average molecular weight is 490 g/mol. The van der Waals surface area contributed by atoms with Crippen molar-refractivity contribution in [1.29, 1.82) is 0 Å². The van der Waals surface area contributed by atoms with Gasteiger partial charge in [-0.2, -0.15) is 5.10 Å². The summed E-state index contributed by atoms with van der Waals surface area (Å²) in [7, 11) is 0. The molecule has 0 atom stereocenters. The maximum absolute atomic E-state index is 12.6. The van der Waals surface area contributed by atoms with Crippen molar-refractivity contribution in [2.75, 3.05) is 16.0 Å². The molecule has 2 heterocycles. The topological polar surface area (TPSA) is 79.7 Å². The second-order valence-electron chi connectivity index (χ2n) is 8.70. The van der Waals surface area contributed by atoms with Crippen LogP contribution in [0.3, 0.4) is 0 Å². The van der Waals surface area contributed by atoms with E-state index in [-0.39, 0.29) is 6.03 Å². The first-order valence-corrected chi connectivity index (χ1v) is 12.1. The lowest BCUT2D eigenvalue weighted by Gasteiger charge is -2.14. The van der Waals surface area contributed by atoms with Crippen molar-refractivity contribution in [2.45, 2.75) is 26.2 Å². The number of hydrogen-bond acceptors (Lipinski definition) is 4. The van der Waals surface area contributed by atoms with Gasteiger partial charge in [-0.1, -0.05) is 42.3 Å². The van der Waals surface area contributed by atoms with Crippen molar-refractivity contribution in [1.82, 2.24) is 9.61 Å². The SMILES string of the molecule is C#Cc1cnn2cc(NC(=O)Nc3ccccc3)c(C)c2c1NC1=CC=C(Oc2ccccc2)CCC1. The molecule has 0 saturated heterocycles. The zero-order valence-corrected chi connectivity index (χ0v) is 20.5. The molecule has 7 nitrogen and oxygen atoms in total. The molecule has 0 aliphatic heterocycles. The van der Waals surface area contributed by atoms with E-state index in [0.717, 1.165) is 53.2 Å². The van der Waals surface area contributed by atoms with Crippen LogP contribution in [0.4, 0.5) is 21.9 Å². The van der Waals surface area contributed by atoms with Crippen LogP contribution in [0.15, 0.2) is 96.7 Å². The van der Waals surface area contributed by atoms with Gasteiger partial charge in [0, 0.05) is 23.4 Å². The van der Waals surface area contributed by atoms with Gasteiger partial charge in [-0.25, -0.2) is 9.31 Å². The second-order valence-corrected chi connectivity index (χ2v) is 8.70. The molecule has 37 heavy (non-hydrogen) atoms. The van der Waals surface area contributed by atoms with Crippen LogP contribution in [0, 0.1) is 19.3 Å². The van der Waals surface area contributed by atoms with Gasteiger partial charge in [0.15, 0.2) is 0 Å². The molecule has 2 aromatic carbocycles. The monoisotopic (exact) mass is 489 g/mol. The Morgan fingerprint density at radius 3 is 2.54 bits per heavy atom. The summed E-state index contributed by atoms with van der Waals surface area (Å²) in [6.45, 7) is 1.94. The maximum Gasteiger partial charge on any atom is 0.323 e. The highest BCUT2D eigenvalue weighted by Gasteiger charge is 2.18. The van der Waals surface area contributed by atoms with Crippen LogP contribution in [0.5, 0.6) is 5.75 Å².